The monoisotopic (exact) mass is 465 g/mol. The van der Waals surface area contributed by atoms with Crippen LogP contribution in [0.1, 0.15) is 72.4 Å². The SMILES string of the molecule is CCCC(C)NC(=O)C(c1cccc(O)c1)N(CCC)C(=O)C(CO)NC(=O)OC(C)(C)C. The second-order valence-electron chi connectivity index (χ2n) is 9.11. The first-order chi connectivity index (χ1) is 15.4. The highest BCUT2D eigenvalue weighted by Gasteiger charge is 2.36. The lowest BCUT2D eigenvalue weighted by Crippen LogP contribution is -2.55. The van der Waals surface area contributed by atoms with Crippen molar-refractivity contribution >= 4 is 17.9 Å². The molecule has 0 fully saturated rings. The lowest BCUT2D eigenvalue weighted by Gasteiger charge is -2.34. The van der Waals surface area contributed by atoms with E-state index in [1.807, 2.05) is 20.8 Å². The highest BCUT2D eigenvalue weighted by atomic mass is 16.6. The topological polar surface area (TPSA) is 128 Å². The van der Waals surface area contributed by atoms with E-state index in [4.69, 9.17) is 4.74 Å². The maximum Gasteiger partial charge on any atom is 0.408 e. The van der Waals surface area contributed by atoms with Gasteiger partial charge in [0.2, 0.25) is 11.8 Å². The van der Waals surface area contributed by atoms with Gasteiger partial charge in [0, 0.05) is 12.6 Å². The zero-order chi connectivity index (χ0) is 25.2. The van der Waals surface area contributed by atoms with Crippen LogP contribution >= 0.6 is 0 Å². The first-order valence-electron chi connectivity index (χ1n) is 11.4. The van der Waals surface area contributed by atoms with Crippen LogP contribution in [0.3, 0.4) is 0 Å². The number of carbonyl (C=O) groups is 3. The van der Waals surface area contributed by atoms with E-state index in [9.17, 15) is 24.6 Å². The van der Waals surface area contributed by atoms with Crippen molar-refractivity contribution in [3.8, 4) is 5.75 Å². The number of rotatable bonds is 11. The average molecular weight is 466 g/mol. The first kappa shape index (κ1) is 28.2. The number of aliphatic hydroxyl groups excluding tert-OH is 1. The van der Waals surface area contributed by atoms with E-state index in [1.54, 1.807) is 32.9 Å². The van der Waals surface area contributed by atoms with Crippen molar-refractivity contribution in [1.82, 2.24) is 15.5 Å². The Morgan fingerprint density at radius 3 is 2.30 bits per heavy atom. The molecule has 0 aliphatic rings. The second kappa shape index (κ2) is 13.0. The van der Waals surface area contributed by atoms with Gasteiger partial charge in [0.25, 0.3) is 0 Å². The fourth-order valence-electron chi connectivity index (χ4n) is 3.44. The number of amides is 3. The van der Waals surface area contributed by atoms with E-state index >= 15 is 0 Å². The van der Waals surface area contributed by atoms with Gasteiger partial charge in [-0.2, -0.15) is 0 Å². The Balaban J connectivity index is 3.31. The molecule has 186 valence electrons. The van der Waals surface area contributed by atoms with Crippen LogP contribution in [0, 0.1) is 0 Å². The molecule has 0 saturated heterocycles. The average Bonchev–Trinajstić information content (AvgIpc) is 2.70. The van der Waals surface area contributed by atoms with E-state index in [2.05, 4.69) is 10.6 Å². The van der Waals surface area contributed by atoms with E-state index in [-0.39, 0.29) is 18.3 Å². The Hall–Kier alpha value is -2.81. The molecule has 1 aromatic carbocycles. The van der Waals surface area contributed by atoms with Crippen LogP contribution in [0.4, 0.5) is 4.79 Å². The number of nitrogens with zero attached hydrogens (tertiary/aromatic N) is 1. The predicted molar refractivity (Wildman–Crippen MR) is 126 cm³/mol. The summed E-state index contributed by atoms with van der Waals surface area (Å²) in [5.74, 6) is -1.07. The van der Waals surface area contributed by atoms with Crippen LogP contribution in [0.15, 0.2) is 24.3 Å². The second-order valence-corrected chi connectivity index (χ2v) is 9.11. The van der Waals surface area contributed by atoms with Crippen LogP contribution in [-0.4, -0.2) is 63.9 Å². The Morgan fingerprint density at radius 2 is 1.79 bits per heavy atom. The number of benzene rings is 1. The standard InChI is InChI=1S/C24H39N3O6/c1-7-10-16(3)25-21(30)20(17-11-9-12-18(29)14-17)27(13-8-2)22(31)19(15-28)26-23(32)33-24(4,5)6/h9,11-12,14,16,19-20,28-29H,7-8,10,13,15H2,1-6H3,(H,25,30)(H,26,32). The highest BCUT2D eigenvalue weighted by molar-refractivity contribution is 5.92. The third-order valence-electron chi connectivity index (χ3n) is 4.78. The van der Waals surface area contributed by atoms with E-state index < -0.39 is 42.2 Å². The number of ether oxygens (including phenoxy) is 1. The fraction of sp³-hybridized carbons (Fsp3) is 0.625. The molecule has 9 nitrogen and oxygen atoms in total. The Bertz CT molecular complexity index is 793. The van der Waals surface area contributed by atoms with Gasteiger partial charge in [-0.3, -0.25) is 9.59 Å². The molecule has 0 heterocycles. The maximum atomic E-state index is 13.4. The smallest absolute Gasteiger partial charge is 0.408 e. The summed E-state index contributed by atoms with van der Waals surface area (Å²) in [5.41, 5.74) is -0.359. The summed E-state index contributed by atoms with van der Waals surface area (Å²) in [6, 6.07) is 3.68. The van der Waals surface area contributed by atoms with Gasteiger partial charge in [0.15, 0.2) is 0 Å². The van der Waals surface area contributed by atoms with Gasteiger partial charge in [0.1, 0.15) is 23.4 Å². The van der Waals surface area contributed by atoms with E-state index in [0.717, 1.165) is 12.8 Å². The Morgan fingerprint density at radius 1 is 1.12 bits per heavy atom. The molecule has 0 saturated carbocycles. The first-order valence-corrected chi connectivity index (χ1v) is 11.4. The third-order valence-corrected chi connectivity index (χ3v) is 4.78. The predicted octanol–water partition coefficient (Wildman–Crippen LogP) is 2.86. The van der Waals surface area contributed by atoms with Crippen LogP contribution in [0.25, 0.3) is 0 Å². The van der Waals surface area contributed by atoms with Crippen LogP contribution in [0.2, 0.25) is 0 Å². The zero-order valence-electron chi connectivity index (χ0n) is 20.6. The van der Waals surface area contributed by atoms with Crippen molar-refractivity contribution in [2.45, 2.75) is 84.5 Å². The highest BCUT2D eigenvalue weighted by Crippen LogP contribution is 2.26. The molecule has 0 radical (unpaired) electrons. The summed E-state index contributed by atoms with van der Waals surface area (Å²) in [6.07, 6.45) is 1.33. The molecule has 0 aliphatic carbocycles. The molecule has 3 atom stereocenters. The number of alkyl carbamates (subject to hydrolysis) is 1. The molecular weight excluding hydrogens is 426 g/mol. The van der Waals surface area contributed by atoms with Crippen molar-refractivity contribution < 1.29 is 29.3 Å². The van der Waals surface area contributed by atoms with Gasteiger partial charge < -0.3 is 30.5 Å². The van der Waals surface area contributed by atoms with E-state index in [1.165, 1.54) is 17.0 Å². The molecule has 1 rings (SSSR count). The zero-order valence-corrected chi connectivity index (χ0v) is 20.6. The third kappa shape index (κ3) is 9.29. The number of carbonyl (C=O) groups excluding carboxylic acids is 3. The molecule has 4 N–H and O–H groups in total. The number of nitrogens with one attached hydrogen (secondary N) is 2. The number of hydrogen-bond acceptors (Lipinski definition) is 6. The molecule has 9 heteroatoms. The minimum Gasteiger partial charge on any atom is -0.508 e. The van der Waals surface area contributed by atoms with Crippen molar-refractivity contribution in [1.29, 1.82) is 0 Å². The molecule has 0 spiro atoms. The molecule has 0 aromatic heterocycles. The van der Waals surface area contributed by atoms with Crippen molar-refractivity contribution in [2.75, 3.05) is 13.2 Å². The Labute approximate surface area is 196 Å². The minimum atomic E-state index is -1.30. The van der Waals surface area contributed by atoms with Gasteiger partial charge >= 0.3 is 6.09 Å². The van der Waals surface area contributed by atoms with Gasteiger partial charge in [-0.15, -0.1) is 0 Å². The van der Waals surface area contributed by atoms with E-state index in [0.29, 0.717) is 12.0 Å². The molecular formula is C24H39N3O6. The van der Waals surface area contributed by atoms with Crippen molar-refractivity contribution in [3.05, 3.63) is 29.8 Å². The summed E-state index contributed by atoms with van der Waals surface area (Å²) >= 11 is 0. The molecule has 33 heavy (non-hydrogen) atoms. The van der Waals surface area contributed by atoms with Gasteiger partial charge in [0.05, 0.1) is 6.61 Å². The normalized spacial score (nSPS) is 14.0. The molecule has 0 aliphatic heterocycles. The van der Waals surface area contributed by atoms with Crippen LogP contribution < -0.4 is 10.6 Å². The molecule has 0 bridgehead atoms. The minimum absolute atomic E-state index is 0.0404. The molecule has 3 amide bonds. The molecule has 3 unspecified atom stereocenters. The number of hydrogen-bond donors (Lipinski definition) is 4. The Kier molecular flexibility index (Phi) is 11.1. The lowest BCUT2D eigenvalue weighted by atomic mass is 10.0. The van der Waals surface area contributed by atoms with Gasteiger partial charge in [-0.25, -0.2) is 4.79 Å². The summed E-state index contributed by atoms with van der Waals surface area (Å²) in [7, 11) is 0. The summed E-state index contributed by atoms with van der Waals surface area (Å²) in [5, 5.41) is 25.2. The van der Waals surface area contributed by atoms with Crippen molar-refractivity contribution in [3.63, 3.8) is 0 Å². The van der Waals surface area contributed by atoms with Gasteiger partial charge in [-0.05, 0) is 58.2 Å². The largest absolute Gasteiger partial charge is 0.508 e. The lowest BCUT2D eigenvalue weighted by molar-refractivity contribution is -0.143. The summed E-state index contributed by atoms with van der Waals surface area (Å²) < 4.78 is 5.20. The maximum absolute atomic E-state index is 13.4. The number of phenolic OH excluding ortho intramolecular Hbond substituents is 1. The van der Waals surface area contributed by atoms with Crippen LogP contribution in [-0.2, 0) is 14.3 Å². The number of phenols is 1. The summed E-state index contributed by atoms with van der Waals surface area (Å²) in [4.78, 5) is 40.3. The van der Waals surface area contributed by atoms with Gasteiger partial charge in [-0.1, -0.05) is 32.4 Å². The fourth-order valence-corrected chi connectivity index (χ4v) is 3.44. The molecule has 1 aromatic rings. The van der Waals surface area contributed by atoms with Crippen molar-refractivity contribution in [2.24, 2.45) is 0 Å². The van der Waals surface area contributed by atoms with Crippen LogP contribution in [0.5, 0.6) is 5.75 Å². The quantitative estimate of drug-likeness (QED) is 0.398. The number of aliphatic hydroxyl groups is 1. The summed E-state index contributed by atoms with van der Waals surface area (Å²) in [6.45, 7) is 10.3. The number of aromatic hydroxyl groups is 1.